The van der Waals surface area contributed by atoms with Crippen molar-refractivity contribution in [1.82, 2.24) is 0 Å². The quantitative estimate of drug-likeness (QED) is 0.558. The first-order chi connectivity index (χ1) is 8.08. The lowest BCUT2D eigenvalue weighted by Crippen LogP contribution is -2.29. The predicted octanol–water partition coefficient (Wildman–Crippen LogP) is -0.237. The first kappa shape index (κ1) is 11.3. The van der Waals surface area contributed by atoms with E-state index in [0.717, 1.165) is 4.90 Å². The van der Waals surface area contributed by atoms with Crippen LogP contribution in [-0.2, 0) is 9.59 Å². The largest absolute Gasteiger partial charge is 0.442 e. The van der Waals surface area contributed by atoms with E-state index in [1.54, 1.807) is 0 Å². The number of hydrogen-bond acceptors (Lipinski definition) is 5. The summed E-state index contributed by atoms with van der Waals surface area (Å²) < 4.78 is 4.59. The molecule has 0 fully saturated rings. The molecule has 6 heteroatoms. The number of aliphatic hydroxyl groups excluding tert-OH is 1. The third kappa shape index (κ3) is 2.32. The molecule has 6 nitrogen and oxygen atoms in total. The Morgan fingerprint density at radius 1 is 1.00 bits per heavy atom. The van der Waals surface area contributed by atoms with E-state index in [0.29, 0.717) is 5.69 Å². The maximum absolute atomic E-state index is 11.4. The maximum Gasteiger partial charge on any atom is 0.310 e. The van der Waals surface area contributed by atoms with Crippen LogP contribution in [0.2, 0.25) is 0 Å². The number of amides is 2. The summed E-state index contributed by atoms with van der Waals surface area (Å²) in [5, 5.41) is 17.2. The van der Waals surface area contributed by atoms with Crippen LogP contribution in [-0.4, -0.2) is 28.5 Å². The van der Waals surface area contributed by atoms with Crippen molar-refractivity contribution < 1.29 is 24.5 Å². The summed E-state index contributed by atoms with van der Waals surface area (Å²) in [5.74, 6) is -0.604. The van der Waals surface area contributed by atoms with Crippen LogP contribution in [0, 0.1) is 0 Å². The Morgan fingerprint density at radius 2 is 1.53 bits per heavy atom. The van der Waals surface area contributed by atoms with E-state index in [9.17, 15) is 9.59 Å². The molecule has 0 aromatic heterocycles. The lowest BCUT2D eigenvalue weighted by Gasteiger charge is -2.14. The number of nitrogens with zero attached hydrogens (tertiary/aromatic N) is 1. The van der Waals surface area contributed by atoms with Gasteiger partial charge < -0.3 is 14.9 Å². The zero-order chi connectivity index (χ0) is 12.4. The Hall–Kier alpha value is -2.18. The van der Waals surface area contributed by atoms with E-state index in [-0.39, 0.29) is 5.75 Å². The smallest absolute Gasteiger partial charge is 0.310 e. The second-order valence-electron chi connectivity index (χ2n) is 3.28. The average molecular weight is 235 g/mol. The Kier molecular flexibility index (Phi) is 2.90. The Labute approximate surface area is 96.3 Å². The molecule has 1 aromatic rings. The third-order valence-electron chi connectivity index (χ3n) is 2.15. The van der Waals surface area contributed by atoms with E-state index >= 15 is 0 Å². The first-order valence-corrected chi connectivity index (χ1v) is 4.77. The summed E-state index contributed by atoms with van der Waals surface area (Å²) in [6.07, 6.45) is 2.37. The zero-order valence-electron chi connectivity index (χ0n) is 8.61. The number of rotatable bonds is 3. The van der Waals surface area contributed by atoms with Gasteiger partial charge in [0.2, 0.25) is 0 Å². The molecule has 0 saturated heterocycles. The van der Waals surface area contributed by atoms with Gasteiger partial charge in [0.25, 0.3) is 11.8 Å². The molecule has 0 saturated carbocycles. The molecule has 0 aliphatic carbocycles. The van der Waals surface area contributed by atoms with Crippen molar-refractivity contribution in [2.24, 2.45) is 0 Å². The van der Waals surface area contributed by atoms with Gasteiger partial charge in [0, 0.05) is 12.2 Å². The van der Waals surface area contributed by atoms with Crippen LogP contribution < -0.4 is 9.64 Å². The molecule has 2 rings (SSSR count). The number of anilines is 1. The topological polar surface area (TPSA) is 87.1 Å². The van der Waals surface area contributed by atoms with Crippen LogP contribution in [0.1, 0.15) is 0 Å². The second kappa shape index (κ2) is 4.36. The molecule has 1 aliphatic rings. The predicted molar refractivity (Wildman–Crippen MR) is 56.9 cm³/mol. The SMILES string of the molecule is O=C1C=CC(=O)N1c1ccc(OC(O)O)cc1. The summed E-state index contributed by atoms with van der Waals surface area (Å²) in [6.45, 7) is -1.91. The number of imide groups is 1. The standard InChI is InChI=1S/C11H9NO5/c13-9-5-6-10(14)12(9)7-1-3-8(4-2-7)17-11(15)16/h1-6,11,15-16H. The molecule has 0 unspecified atom stereocenters. The van der Waals surface area contributed by atoms with E-state index in [4.69, 9.17) is 10.2 Å². The van der Waals surface area contributed by atoms with Crippen molar-refractivity contribution in [1.29, 1.82) is 0 Å². The van der Waals surface area contributed by atoms with Crippen molar-refractivity contribution in [2.45, 2.75) is 6.48 Å². The van der Waals surface area contributed by atoms with Crippen LogP contribution in [0.5, 0.6) is 5.75 Å². The molecule has 0 radical (unpaired) electrons. The lowest BCUT2D eigenvalue weighted by atomic mass is 10.3. The van der Waals surface area contributed by atoms with Gasteiger partial charge in [-0.15, -0.1) is 0 Å². The number of carbonyl (C=O) groups excluding carboxylic acids is 2. The normalized spacial score (nSPS) is 14.9. The second-order valence-corrected chi connectivity index (χ2v) is 3.28. The first-order valence-electron chi connectivity index (χ1n) is 4.77. The summed E-state index contributed by atoms with van der Waals surface area (Å²) in [7, 11) is 0. The Morgan fingerprint density at radius 3 is 2.00 bits per heavy atom. The van der Waals surface area contributed by atoms with Crippen LogP contribution >= 0.6 is 0 Å². The van der Waals surface area contributed by atoms with Crippen molar-refractivity contribution >= 4 is 17.5 Å². The van der Waals surface area contributed by atoms with E-state index in [2.05, 4.69) is 4.74 Å². The van der Waals surface area contributed by atoms with E-state index < -0.39 is 18.3 Å². The molecule has 1 aliphatic heterocycles. The van der Waals surface area contributed by atoms with Gasteiger partial charge in [-0.25, -0.2) is 4.90 Å². The highest BCUT2D eigenvalue weighted by Gasteiger charge is 2.24. The van der Waals surface area contributed by atoms with Gasteiger partial charge in [-0.2, -0.15) is 0 Å². The molecule has 88 valence electrons. The summed E-state index contributed by atoms with van der Waals surface area (Å²) in [4.78, 5) is 23.7. The highest BCUT2D eigenvalue weighted by Crippen LogP contribution is 2.22. The van der Waals surface area contributed by atoms with Crippen molar-refractivity contribution in [3.63, 3.8) is 0 Å². The Bertz CT molecular complexity index is 459. The molecule has 0 spiro atoms. The van der Waals surface area contributed by atoms with Crippen LogP contribution in [0.25, 0.3) is 0 Å². The maximum atomic E-state index is 11.4. The number of hydrogen-bond donors (Lipinski definition) is 2. The van der Waals surface area contributed by atoms with Gasteiger partial charge in [-0.3, -0.25) is 9.59 Å². The average Bonchev–Trinajstić information content (AvgIpc) is 2.59. The molecule has 2 N–H and O–H groups in total. The minimum Gasteiger partial charge on any atom is -0.442 e. The lowest BCUT2D eigenvalue weighted by molar-refractivity contribution is -0.179. The molecule has 1 heterocycles. The molecule has 0 bridgehead atoms. The molecular formula is C11H9NO5. The minimum atomic E-state index is -1.91. The van der Waals surface area contributed by atoms with Gasteiger partial charge >= 0.3 is 6.48 Å². The van der Waals surface area contributed by atoms with Gasteiger partial charge in [0.15, 0.2) is 0 Å². The fourth-order valence-corrected chi connectivity index (χ4v) is 1.45. The molecule has 1 aromatic carbocycles. The van der Waals surface area contributed by atoms with Crippen LogP contribution in [0.15, 0.2) is 36.4 Å². The summed E-state index contributed by atoms with van der Waals surface area (Å²) in [5.41, 5.74) is 0.393. The van der Waals surface area contributed by atoms with Gasteiger partial charge in [0.05, 0.1) is 5.69 Å². The zero-order valence-corrected chi connectivity index (χ0v) is 8.61. The monoisotopic (exact) mass is 235 g/mol. The van der Waals surface area contributed by atoms with Crippen molar-refractivity contribution in [2.75, 3.05) is 4.90 Å². The van der Waals surface area contributed by atoms with Crippen molar-refractivity contribution in [3.8, 4) is 5.75 Å². The van der Waals surface area contributed by atoms with Gasteiger partial charge in [-0.05, 0) is 24.3 Å². The Balaban J connectivity index is 2.18. The highest BCUT2D eigenvalue weighted by atomic mass is 16.7. The molecule has 0 atom stereocenters. The number of carbonyl (C=O) groups is 2. The van der Waals surface area contributed by atoms with E-state index in [1.165, 1.54) is 36.4 Å². The summed E-state index contributed by atoms with van der Waals surface area (Å²) >= 11 is 0. The number of ether oxygens (including phenoxy) is 1. The van der Waals surface area contributed by atoms with Crippen molar-refractivity contribution in [3.05, 3.63) is 36.4 Å². The minimum absolute atomic E-state index is 0.218. The van der Waals surface area contributed by atoms with E-state index in [1.807, 2.05) is 0 Å². The fraction of sp³-hybridized carbons (Fsp3) is 0.0909. The van der Waals surface area contributed by atoms with Crippen LogP contribution in [0.4, 0.5) is 5.69 Å². The van der Waals surface area contributed by atoms with Gasteiger partial charge in [0.1, 0.15) is 5.75 Å². The fourth-order valence-electron chi connectivity index (χ4n) is 1.45. The number of benzene rings is 1. The third-order valence-corrected chi connectivity index (χ3v) is 2.15. The molecule has 17 heavy (non-hydrogen) atoms. The summed E-state index contributed by atoms with van der Waals surface area (Å²) in [6, 6.07) is 5.79. The molecule has 2 amide bonds. The number of aliphatic hydroxyl groups is 2. The van der Waals surface area contributed by atoms with Gasteiger partial charge in [-0.1, -0.05) is 0 Å². The highest BCUT2D eigenvalue weighted by molar-refractivity contribution is 6.28. The molecular weight excluding hydrogens is 226 g/mol. The van der Waals surface area contributed by atoms with Crippen LogP contribution in [0.3, 0.4) is 0 Å².